The predicted octanol–water partition coefficient (Wildman–Crippen LogP) is 2.76. The summed E-state index contributed by atoms with van der Waals surface area (Å²) in [6, 6.07) is 1.97. The van der Waals surface area contributed by atoms with Gasteiger partial charge in [-0.1, -0.05) is 6.92 Å². The Morgan fingerprint density at radius 1 is 1.58 bits per heavy atom. The van der Waals surface area contributed by atoms with Crippen LogP contribution in [0.4, 0.5) is 17.2 Å². The third-order valence-electron chi connectivity index (χ3n) is 3.13. The molecule has 1 amide bonds. The number of pyridine rings is 1. The summed E-state index contributed by atoms with van der Waals surface area (Å²) in [5.74, 6) is 0.762. The molecule has 1 aliphatic rings. The monoisotopic (exact) mass is 260 g/mol. The molecule has 1 saturated carbocycles. The largest absolute Gasteiger partial charge is 0.386 e. The molecule has 102 valence electrons. The van der Waals surface area contributed by atoms with Gasteiger partial charge in [0.15, 0.2) is 5.82 Å². The van der Waals surface area contributed by atoms with E-state index in [1.807, 2.05) is 27.0 Å². The Bertz CT molecular complexity index is 506. The number of aliphatic imine (C=N–C) groups is 1. The lowest BCUT2D eigenvalue weighted by atomic mass is 10.2. The number of aromatic nitrogens is 1. The van der Waals surface area contributed by atoms with Crippen molar-refractivity contribution in [3.8, 4) is 0 Å². The lowest BCUT2D eigenvalue weighted by molar-refractivity contribution is -0.117. The lowest BCUT2D eigenvalue weighted by Crippen LogP contribution is -2.15. The molecule has 5 nitrogen and oxygen atoms in total. The molecule has 1 fully saturated rings. The van der Waals surface area contributed by atoms with Gasteiger partial charge < -0.3 is 10.6 Å². The average molecular weight is 260 g/mol. The first-order valence-electron chi connectivity index (χ1n) is 6.70. The second-order valence-corrected chi connectivity index (χ2v) is 4.61. The summed E-state index contributed by atoms with van der Waals surface area (Å²) in [5.41, 5.74) is 2.51. The Morgan fingerprint density at radius 3 is 2.84 bits per heavy atom. The second kappa shape index (κ2) is 5.82. The van der Waals surface area contributed by atoms with E-state index in [2.05, 4.69) is 20.6 Å². The molecule has 0 bridgehead atoms. The van der Waals surface area contributed by atoms with Crippen molar-refractivity contribution in [1.82, 2.24) is 4.98 Å². The molecule has 2 rings (SSSR count). The van der Waals surface area contributed by atoms with E-state index in [4.69, 9.17) is 0 Å². The maximum Gasteiger partial charge on any atom is 0.228 e. The molecular weight excluding hydrogens is 240 g/mol. The minimum absolute atomic E-state index is 0.0513. The zero-order chi connectivity index (χ0) is 13.8. The molecule has 19 heavy (non-hydrogen) atoms. The Labute approximate surface area is 113 Å². The van der Waals surface area contributed by atoms with E-state index >= 15 is 0 Å². The molecule has 5 heteroatoms. The minimum Gasteiger partial charge on any atom is -0.386 e. The summed E-state index contributed by atoms with van der Waals surface area (Å²) in [4.78, 5) is 20.7. The van der Waals surface area contributed by atoms with Gasteiger partial charge >= 0.3 is 0 Å². The van der Waals surface area contributed by atoms with Crippen LogP contribution in [0.3, 0.4) is 0 Å². The highest BCUT2D eigenvalue weighted by atomic mass is 16.2. The fourth-order valence-electron chi connectivity index (χ4n) is 1.87. The number of carbonyl (C=O) groups excluding carboxylic acids is 1. The molecule has 0 radical (unpaired) electrons. The molecule has 2 N–H and O–H groups in total. The molecule has 0 aliphatic heterocycles. The van der Waals surface area contributed by atoms with Crippen molar-refractivity contribution in [2.75, 3.05) is 17.7 Å². The Balaban J connectivity index is 2.38. The van der Waals surface area contributed by atoms with Gasteiger partial charge in [-0.25, -0.2) is 4.98 Å². The number of nitrogens with zero attached hydrogens (tertiary/aromatic N) is 2. The van der Waals surface area contributed by atoms with Crippen LogP contribution in [-0.2, 0) is 11.2 Å². The average Bonchev–Trinajstić information content (AvgIpc) is 3.24. The van der Waals surface area contributed by atoms with E-state index in [0.29, 0.717) is 11.5 Å². The summed E-state index contributed by atoms with van der Waals surface area (Å²) in [6.45, 7) is 3.89. The number of anilines is 2. The van der Waals surface area contributed by atoms with E-state index in [1.54, 1.807) is 6.21 Å². The smallest absolute Gasteiger partial charge is 0.228 e. The number of carbonyl (C=O) groups is 1. The van der Waals surface area contributed by atoms with Crippen molar-refractivity contribution in [3.05, 3.63) is 11.8 Å². The number of nitrogens with one attached hydrogen (secondary N) is 2. The van der Waals surface area contributed by atoms with Crippen molar-refractivity contribution < 1.29 is 4.79 Å². The number of hydrogen-bond donors (Lipinski definition) is 2. The normalized spacial score (nSPS) is 14.7. The van der Waals surface area contributed by atoms with E-state index < -0.39 is 0 Å². The van der Waals surface area contributed by atoms with Gasteiger partial charge in [0.1, 0.15) is 5.69 Å². The van der Waals surface area contributed by atoms with Crippen LogP contribution in [0, 0.1) is 5.92 Å². The first kappa shape index (κ1) is 13.5. The molecule has 1 aromatic heterocycles. The lowest BCUT2D eigenvalue weighted by Gasteiger charge is -2.13. The molecule has 1 aliphatic carbocycles. The van der Waals surface area contributed by atoms with Crippen LogP contribution >= 0.6 is 0 Å². The Morgan fingerprint density at radius 2 is 2.32 bits per heavy atom. The Kier molecular flexibility index (Phi) is 4.14. The zero-order valence-corrected chi connectivity index (χ0v) is 11.7. The van der Waals surface area contributed by atoms with E-state index in [-0.39, 0.29) is 11.8 Å². The highest BCUT2D eigenvalue weighted by molar-refractivity contribution is 5.97. The maximum atomic E-state index is 11.9. The number of aryl methyl sites for hydroxylation is 1. The van der Waals surface area contributed by atoms with Crippen LogP contribution in [0.1, 0.15) is 32.4 Å². The molecule has 0 spiro atoms. The molecular formula is C14H20N4O. The van der Waals surface area contributed by atoms with Crippen molar-refractivity contribution in [1.29, 1.82) is 0 Å². The summed E-state index contributed by atoms with van der Waals surface area (Å²) in [5, 5.41) is 6.01. The summed E-state index contributed by atoms with van der Waals surface area (Å²) in [7, 11) is 1.84. The van der Waals surface area contributed by atoms with Gasteiger partial charge in [-0.2, -0.15) is 0 Å². The highest BCUT2D eigenvalue weighted by Gasteiger charge is 2.30. The number of rotatable bonds is 5. The van der Waals surface area contributed by atoms with Gasteiger partial charge in [0.25, 0.3) is 0 Å². The van der Waals surface area contributed by atoms with Crippen LogP contribution in [0.5, 0.6) is 0 Å². The van der Waals surface area contributed by atoms with Gasteiger partial charge in [0.05, 0.1) is 5.69 Å². The first-order chi connectivity index (χ1) is 9.19. The van der Waals surface area contributed by atoms with Crippen molar-refractivity contribution in [3.63, 3.8) is 0 Å². The van der Waals surface area contributed by atoms with E-state index in [0.717, 1.165) is 30.6 Å². The molecule has 1 heterocycles. The van der Waals surface area contributed by atoms with Crippen LogP contribution in [0.25, 0.3) is 0 Å². The predicted molar refractivity (Wildman–Crippen MR) is 78.3 cm³/mol. The number of hydrogen-bond acceptors (Lipinski definition) is 4. The van der Waals surface area contributed by atoms with Gasteiger partial charge in [0.2, 0.25) is 5.91 Å². The SMILES string of the molecule is CC=Nc1c(NC)cc(CC)nc1NC(=O)C1CC1. The summed E-state index contributed by atoms with van der Waals surface area (Å²) < 4.78 is 0. The van der Waals surface area contributed by atoms with Gasteiger partial charge in [-0.05, 0) is 32.3 Å². The van der Waals surface area contributed by atoms with Crippen molar-refractivity contribution in [2.24, 2.45) is 10.9 Å². The third-order valence-corrected chi connectivity index (χ3v) is 3.13. The van der Waals surface area contributed by atoms with Crippen LogP contribution in [0.2, 0.25) is 0 Å². The van der Waals surface area contributed by atoms with Crippen LogP contribution in [0.15, 0.2) is 11.1 Å². The topological polar surface area (TPSA) is 66.4 Å². The Hall–Kier alpha value is -1.91. The highest BCUT2D eigenvalue weighted by Crippen LogP contribution is 2.35. The fourth-order valence-corrected chi connectivity index (χ4v) is 1.87. The summed E-state index contributed by atoms with van der Waals surface area (Å²) in [6.07, 6.45) is 4.47. The molecule has 0 unspecified atom stereocenters. The van der Waals surface area contributed by atoms with Gasteiger partial charge in [-0.15, -0.1) is 0 Å². The van der Waals surface area contributed by atoms with Crippen LogP contribution in [-0.4, -0.2) is 24.2 Å². The fraction of sp³-hybridized carbons (Fsp3) is 0.500. The first-order valence-corrected chi connectivity index (χ1v) is 6.70. The maximum absolute atomic E-state index is 11.9. The van der Waals surface area contributed by atoms with E-state index in [9.17, 15) is 4.79 Å². The quantitative estimate of drug-likeness (QED) is 0.800. The van der Waals surface area contributed by atoms with Gasteiger partial charge in [-0.3, -0.25) is 9.79 Å². The van der Waals surface area contributed by atoms with Crippen molar-refractivity contribution in [2.45, 2.75) is 33.1 Å². The molecule has 1 aromatic rings. The molecule has 0 saturated heterocycles. The van der Waals surface area contributed by atoms with E-state index in [1.165, 1.54) is 0 Å². The second-order valence-electron chi connectivity index (χ2n) is 4.61. The van der Waals surface area contributed by atoms with Gasteiger partial charge in [0, 0.05) is 24.9 Å². The minimum atomic E-state index is 0.0513. The molecule has 0 aromatic carbocycles. The standard InChI is InChI=1S/C14H20N4O/c1-4-10-8-11(15-3)12(16-5-2)13(17-10)18-14(19)9-6-7-9/h5,8-9H,4,6-7H2,1-3H3,(H2,15,17,18,19). The van der Waals surface area contributed by atoms with Crippen molar-refractivity contribution >= 4 is 29.3 Å². The number of amides is 1. The summed E-state index contributed by atoms with van der Waals surface area (Å²) >= 11 is 0. The third kappa shape index (κ3) is 3.10. The van der Waals surface area contributed by atoms with Crippen LogP contribution < -0.4 is 10.6 Å². The zero-order valence-electron chi connectivity index (χ0n) is 11.7. The molecule has 0 atom stereocenters.